The number of sulfonamides is 1. The maximum Gasteiger partial charge on any atom is 0.265 e. The van der Waals surface area contributed by atoms with E-state index < -0.39 is 26.7 Å². The molecule has 1 fully saturated rings. The molecule has 0 bridgehead atoms. The van der Waals surface area contributed by atoms with Crippen molar-refractivity contribution in [1.82, 2.24) is 20.1 Å². The van der Waals surface area contributed by atoms with Crippen molar-refractivity contribution in [3.05, 3.63) is 83.7 Å². The summed E-state index contributed by atoms with van der Waals surface area (Å²) in [4.78, 5) is 2.91. The molecule has 1 aliphatic rings. The Labute approximate surface area is 189 Å². The topological polar surface area (TPSA) is 88.9 Å². The molecule has 170 valence electrons. The van der Waals surface area contributed by atoms with E-state index in [9.17, 15) is 12.8 Å². The van der Waals surface area contributed by atoms with Gasteiger partial charge in [0, 0.05) is 30.5 Å². The number of pyridine rings is 1. The van der Waals surface area contributed by atoms with E-state index in [1.807, 2.05) is 25.1 Å². The summed E-state index contributed by atoms with van der Waals surface area (Å²) < 4.78 is 57.7. The lowest BCUT2D eigenvalue weighted by atomic mass is 9.87. The van der Waals surface area contributed by atoms with E-state index in [-0.39, 0.29) is 11.9 Å². The standard InChI is InChI=1S/C23H21F2N5O2S/c1-14(17-5-2-3-6-18(17)16-11-26-12-16)30-20-10-19(24)21(9-15(20)13-27-30)33(31,32)29-23-8-4-7-22(25)28-23/h2-10,13-14,16,26H,11-12H2,1H3,(H,28,29)/t14-/m1/s1. The predicted molar refractivity (Wildman–Crippen MR) is 121 cm³/mol. The SMILES string of the molecule is C[C@H](c1ccccc1C1CNC1)n1ncc2cc(S(=O)(=O)Nc3cccc(F)n3)c(F)cc21. The number of halogens is 2. The smallest absolute Gasteiger partial charge is 0.265 e. The average molecular weight is 470 g/mol. The second-order valence-electron chi connectivity index (χ2n) is 8.04. The van der Waals surface area contributed by atoms with Crippen LogP contribution in [0.3, 0.4) is 0 Å². The normalized spacial score (nSPS) is 15.4. The molecule has 1 saturated heterocycles. The third-order valence-corrected chi connectivity index (χ3v) is 7.30. The van der Waals surface area contributed by atoms with E-state index >= 15 is 4.39 Å². The molecule has 2 aromatic carbocycles. The highest BCUT2D eigenvalue weighted by Gasteiger charge is 2.26. The van der Waals surface area contributed by atoms with E-state index in [4.69, 9.17) is 0 Å². The summed E-state index contributed by atoms with van der Waals surface area (Å²) in [5, 5.41) is 8.18. The number of nitrogens with zero attached hydrogens (tertiary/aromatic N) is 3. The highest BCUT2D eigenvalue weighted by atomic mass is 32.2. The number of anilines is 1. The molecule has 1 aliphatic heterocycles. The average Bonchev–Trinajstić information content (AvgIpc) is 3.14. The number of benzene rings is 2. The van der Waals surface area contributed by atoms with Gasteiger partial charge in [-0.3, -0.25) is 9.40 Å². The lowest BCUT2D eigenvalue weighted by Gasteiger charge is -2.31. The highest BCUT2D eigenvalue weighted by molar-refractivity contribution is 7.92. The summed E-state index contributed by atoms with van der Waals surface area (Å²) in [6.45, 7) is 3.80. The van der Waals surface area contributed by atoms with E-state index in [0.29, 0.717) is 16.8 Å². The zero-order chi connectivity index (χ0) is 23.2. The van der Waals surface area contributed by atoms with Crippen molar-refractivity contribution in [1.29, 1.82) is 0 Å². The quantitative estimate of drug-likeness (QED) is 0.419. The molecule has 0 aliphatic carbocycles. The van der Waals surface area contributed by atoms with Crippen LogP contribution in [0, 0.1) is 11.8 Å². The van der Waals surface area contributed by atoms with Gasteiger partial charge in [0.15, 0.2) is 0 Å². The number of nitrogens with one attached hydrogen (secondary N) is 2. The van der Waals surface area contributed by atoms with Crippen LogP contribution in [0.15, 0.2) is 65.7 Å². The minimum Gasteiger partial charge on any atom is -0.315 e. The minimum absolute atomic E-state index is 0.184. The van der Waals surface area contributed by atoms with Crippen molar-refractivity contribution in [2.45, 2.75) is 23.8 Å². The second kappa shape index (κ2) is 8.20. The molecule has 7 nitrogen and oxygen atoms in total. The van der Waals surface area contributed by atoms with Crippen LogP contribution >= 0.6 is 0 Å². The fourth-order valence-electron chi connectivity index (χ4n) is 4.12. The Bertz CT molecular complexity index is 1450. The van der Waals surface area contributed by atoms with E-state index in [1.165, 1.54) is 36.0 Å². The number of fused-ring (bicyclic) bond motifs is 1. The van der Waals surface area contributed by atoms with Crippen LogP contribution in [-0.2, 0) is 10.0 Å². The first-order chi connectivity index (χ1) is 15.8. The van der Waals surface area contributed by atoms with Gasteiger partial charge in [0.2, 0.25) is 5.95 Å². The van der Waals surface area contributed by atoms with Crippen LogP contribution in [0.4, 0.5) is 14.6 Å². The third-order valence-electron chi connectivity index (χ3n) is 5.93. The molecule has 5 rings (SSSR count). The molecular formula is C23H21F2N5O2S. The molecule has 0 saturated carbocycles. The zero-order valence-electron chi connectivity index (χ0n) is 17.7. The molecule has 0 spiro atoms. The van der Waals surface area contributed by atoms with E-state index in [0.717, 1.165) is 24.7 Å². The van der Waals surface area contributed by atoms with Crippen molar-refractivity contribution in [2.24, 2.45) is 0 Å². The van der Waals surface area contributed by atoms with Crippen molar-refractivity contribution >= 4 is 26.7 Å². The monoisotopic (exact) mass is 469 g/mol. The fraction of sp³-hybridized carbons (Fsp3) is 0.217. The second-order valence-corrected chi connectivity index (χ2v) is 9.69. The van der Waals surface area contributed by atoms with Gasteiger partial charge in [0.25, 0.3) is 10.0 Å². The number of aromatic nitrogens is 3. The predicted octanol–water partition coefficient (Wildman–Crippen LogP) is 3.81. The van der Waals surface area contributed by atoms with Gasteiger partial charge in [0.05, 0.1) is 17.8 Å². The number of hydrogen-bond acceptors (Lipinski definition) is 5. The summed E-state index contributed by atoms with van der Waals surface area (Å²) >= 11 is 0. The zero-order valence-corrected chi connectivity index (χ0v) is 18.5. The Morgan fingerprint density at radius 2 is 1.91 bits per heavy atom. The van der Waals surface area contributed by atoms with E-state index in [2.05, 4.69) is 26.2 Å². The van der Waals surface area contributed by atoms with Crippen LogP contribution in [0.1, 0.15) is 30.0 Å². The van der Waals surface area contributed by atoms with Crippen LogP contribution < -0.4 is 10.0 Å². The molecule has 2 N–H and O–H groups in total. The Balaban J connectivity index is 1.51. The molecule has 1 atom stereocenters. The van der Waals surface area contributed by atoms with E-state index in [1.54, 1.807) is 4.68 Å². The maximum atomic E-state index is 15.0. The summed E-state index contributed by atoms with van der Waals surface area (Å²) in [5.74, 6) is -1.60. The van der Waals surface area contributed by atoms with Gasteiger partial charge >= 0.3 is 0 Å². The lowest BCUT2D eigenvalue weighted by molar-refractivity contribution is 0.440. The van der Waals surface area contributed by atoms with Gasteiger partial charge in [-0.15, -0.1) is 0 Å². The summed E-state index contributed by atoms with van der Waals surface area (Å²) in [5.41, 5.74) is 2.79. The lowest BCUT2D eigenvalue weighted by Crippen LogP contribution is -2.40. The molecule has 0 unspecified atom stereocenters. The summed E-state index contributed by atoms with van der Waals surface area (Å²) in [6.07, 6.45) is 1.51. The van der Waals surface area contributed by atoms with Crippen LogP contribution in [0.2, 0.25) is 0 Å². The van der Waals surface area contributed by atoms with Gasteiger partial charge < -0.3 is 5.32 Å². The number of rotatable bonds is 6. The molecule has 4 aromatic rings. The first-order valence-corrected chi connectivity index (χ1v) is 11.9. The molecule has 3 heterocycles. The maximum absolute atomic E-state index is 15.0. The molecule has 0 radical (unpaired) electrons. The van der Waals surface area contributed by atoms with Crippen molar-refractivity contribution in [3.63, 3.8) is 0 Å². The largest absolute Gasteiger partial charge is 0.315 e. The first kappa shape index (κ1) is 21.5. The minimum atomic E-state index is -4.33. The van der Waals surface area contributed by atoms with Crippen molar-refractivity contribution in [3.8, 4) is 0 Å². The van der Waals surface area contributed by atoms with Gasteiger partial charge in [-0.05, 0) is 36.2 Å². The molecule has 2 aromatic heterocycles. The Morgan fingerprint density at radius 3 is 2.64 bits per heavy atom. The van der Waals surface area contributed by atoms with Gasteiger partial charge in [-0.25, -0.2) is 17.8 Å². The Morgan fingerprint density at radius 1 is 1.12 bits per heavy atom. The van der Waals surface area contributed by atoms with Gasteiger partial charge in [-0.2, -0.15) is 9.49 Å². The van der Waals surface area contributed by atoms with Crippen LogP contribution in [-0.4, -0.2) is 36.3 Å². The van der Waals surface area contributed by atoms with Gasteiger partial charge in [0.1, 0.15) is 16.5 Å². The Hall–Kier alpha value is -3.37. The summed E-state index contributed by atoms with van der Waals surface area (Å²) in [6, 6.07) is 14.0. The first-order valence-electron chi connectivity index (χ1n) is 10.4. The molecule has 10 heteroatoms. The third kappa shape index (κ3) is 3.96. The van der Waals surface area contributed by atoms with Crippen molar-refractivity contribution in [2.75, 3.05) is 17.8 Å². The Kier molecular flexibility index (Phi) is 5.34. The summed E-state index contributed by atoms with van der Waals surface area (Å²) in [7, 11) is -4.33. The van der Waals surface area contributed by atoms with Gasteiger partial charge in [-0.1, -0.05) is 30.3 Å². The van der Waals surface area contributed by atoms with Crippen LogP contribution in [0.5, 0.6) is 0 Å². The molecular weight excluding hydrogens is 448 g/mol. The van der Waals surface area contributed by atoms with Crippen molar-refractivity contribution < 1.29 is 17.2 Å². The highest BCUT2D eigenvalue weighted by Crippen LogP contribution is 2.32. The van der Waals surface area contributed by atoms with Crippen LogP contribution in [0.25, 0.3) is 10.9 Å². The molecule has 33 heavy (non-hydrogen) atoms. The fourth-order valence-corrected chi connectivity index (χ4v) is 5.22. The molecule has 0 amide bonds. The number of hydrogen-bond donors (Lipinski definition) is 2.